The third-order valence-electron chi connectivity index (χ3n) is 8.02. The van der Waals surface area contributed by atoms with E-state index in [0.717, 1.165) is 0 Å². The first-order valence-electron chi connectivity index (χ1n) is 13.2. The molecule has 0 atom stereocenters. The SMILES string of the molecule is c1ccc2cc3c(cc2c1)c(-c1ccc(-c2cccc4ccccc24)c2ccccc12)cc1ccccc13. The van der Waals surface area contributed by atoms with Gasteiger partial charge in [0, 0.05) is 0 Å². The summed E-state index contributed by atoms with van der Waals surface area (Å²) in [5, 5.41) is 12.8. The lowest BCUT2D eigenvalue weighted by molar-refractivity contribution is 1.67. The van der Waals surface area contributed by atoms with Crippen LogP contribution >= 0.6 is 0 Å². The van der Waals surface area contributed by atoms with Crippen LogP contribution in [-0.2, 0) is 0 Å². The van der Waals surface area contributed by atoms with Gasteiger partial charge in [-0.3, -0.25) is 0 Å². The minimum absolute atomic E-state index is 1.27. The number of hydrogen-bond acceptors (Lipinski definition) is 0. The van der Waals surface area contributed by atoms with Crippen molar-refractivity contribution in [1.29, 1.82) is 0 Å². The Morgan fingerprint density at radius 2 is 0.684 bits per heavy atom. The van der Waals surface area contributed by atoms with Gasteiger partial charge in [0.25, 0.3) is 0 Å². The molecule has 0 nitrogen and oxygen atoms in total. The zero-order chi connectivity index (χ0) is 25.1. The molecule has 38 heavy (non-hydrogen) atoms. The van der Waals surface area contributed by atoms with Gasteiger partial charge in [0.05, 0.1) is 0 Å². The van der Waals surface area contributed by atoms with E-state index in [1.165, 1.54) is 76.1 Å². The second-order valence-electron chi connectivity index (χ2n) is 10.1. The minimum Gasteiger partial charge on any atom is -0.0616 e. The van der Waals surface area contributed by atoms with Crippen molar-refractivity contribution in [2.24, 2.45) is 0 Å². The Hall–Kier alpha value is -4.94. The zero-order valence-electron chi connectivity index (χ0n) is 20.9. The van der Waals surface area contributed by atoms with Crippen LogP contribution in [0.3, 0.4) is 0 Å². The molecular formula is C38H24. The Labute approximate surface area is 221 Å². The van der Waals surface area contributed by atoms with E-state index >= 15 is 0 Å². The highest BCUT2D eigenvalue weighted by molar-refractivity contribution is 6.20. The van der Waals surface area contributed by atoms with Crippen LogP contribution in [0.25, 0.3) is 76.1 Å². The summed E-state index contributed by atoms with van der Waals surface area (Å²) >= 11 is 0. The molecule has 8 aromatic rings. The third kappa shape index (κ3) is 3.17. The molecule has 0 aromatic heterocycles. The molecule has 0 saturated heterocycles. The van der Waals surface area contributed by atoms with Gasteiger partial charge in [0.15, 0.2) is 0 Å². The number of hydrogen-bond donors (Lipinski definition) is 0. The van der Waals surface area contributed by atoms with Gasteiger partial charge in [-0.15, -0.1) is 0 Å². The van der Waals surface area contributed by atoms with Crippen LogP contribution in [0, 0.1) is 0 Å². The van der Waals surface area contributed by atoms with Gasteiger partial charge in [-0.25, -0.2) is 0 Å². The lowest BCUT2D eigenvalue weighted by Gasteiger charge is -2.17. The van der Waals surface area contributed by atoms with Crippen molar-refractivity contribution in [3.05, 3.63) is 146 Å². The van der Waals surface area contributed by atoms with E-state index in [0.29, 0.717) is 0 Å². The molecule has 0 saturated carbocycles. The normalized spacial score (nSPS) is 11.7. The van der Waals surface area contributed by atoms with Crippen molar-refractivity contribution in [3.8, 4) is 22.3 Å². The van der Waals surface area contributed by atoms with E-state index in [-0.39, 0.29) is 0 Å². The molecule has 0 aliphatic heterocycles. The molecule has 0 aliphatic carbocycles. The van der Waals surface area contributed by atoms with Crippen molar-refractivity contribution in [1.82, 2.24) is 0 Å². The van der Waals surface area contributed by atoms with Crippen molar-refractivity contribution in [2.75, 3.05) is 0 Å². The molecule has 0 heteroatoms. The lowest BCUT2D eigenvalue weighted by Crippen LogP contribution is -1.90. The van der Waals surface area contributed by atoms with E-state index in [4.69, 9.17) is 0 Å². The second kappa shape index (κ2) is 8.30. The van der Waals surface area contributed by atoms with Crippen LogP contribution < -0.4 is 0 Å². The van der Waals surface area contributed by atoms with Crippen molar-refractivity contribution < 1.29 is 0 Å². The molecule has 0 N–H and O–H groups in total. The van der Waals surface area contributed by atoms with Crippen LogP contribution in [0.5, 0.6) is 0 Å². The van der Waals surface area contributed by atoms with Crippen molar-refractivity contribution in [3.63, 3.8) is 0 Å². The average molecular weight is 481 g/mol. The zero-order valence-corrected chi connectivity index (χ0v) is 20.9. The topological polar surface area (TPSA) is 0 Å². The molecular weight excluding hydrogens is 456 g/mol. The largest absolute Gasteiger partial charge is 0.0616 e. The molecule has 0 radical (unpaired) electrons. The third-order valence-corrected chi connectivity index (χ3v) is 8.02. The van der Waals surface area contributed by atoms with Crippen LogP contribution in [0.1, 0.15) is 0 Å². The van der Waals surface area contributed by atoms with Gasteiger partial charge < -0.3 is 0 Å². The fourth-order valence-electron chi connectivity index (χ4n) is 6.24. The molecule has 8 rings (SSSR count). The Morgan fingerprint density at radius 1 is 0.211 bits per heavy atom. The van der Waals surface area contributed by atoms with E-state index < -0.39 is 0 Å². The molecule has 0 bridgehead atoms. The minimum atomic E-state index is 1.27. The average Bonchev–Trinajstić information content (AvgIpc) is 2.99. The molecule has 0 heterocycles. The maximum atomic E-state index is 2.38. The molecule has 0 amide bonds. The Morgan fingerprint density at radius 3 is 1.39 bits per heavy atom. The predicted octanol–water partition coefficient (Wildman–Crippen LogP) is 10.8. The number of benzene rings is 8. The summed E-state index contributed by atoms with van der Waals surface area (Å²) in [4.78, 5) is 0. The standard InChI is InChI=1S/C38H24/c1-2-12-27-23-38-36(22-26(27)11-1)30-16-6-4-13-28(30)24-37(38)35-21-20-34(32-17-7-8-18-33(32)35)31-19-9-14-25-10-3-5-15-29(25)31/h1-24H. The summed E-state index contributed by atoms with van der Waals surface area (Å²) in [6, 6.07) is 53.4. The first kappa shape index (κ1) is 21.2. The summed E-state index contributed by atoms with van der Waals surface area (Å²) < 4.78 is 0. The van der Waals surface area contributed by atoms with Crippen molar-refractivity contribution >= 4 is 53.9 Å². The van der Waals surface area contributed by atoms with Crippen LogP contribution in [-0.4, -0.2) is 0 Å². The second-order valence-corrected chi connectivity index (χ2v) is 10.1. The summed E-state index contributed by atoms with van der Waals surface area (Å²) in [5.41, 5.74) is 5.11. The number of fused-ring (bicyclic) bond motifs is 6. The monoisotopic (exact) mass is 480 g/mol. The highest BCUT2D eigenvalue weighted by atomic mass is 14.2. The maximum Gasteiger partial charge on any atom is -0.00923 e. The quantitative estimate of drug-likeness (QED) is 0.170. The molecule has 0 unspecified atom stereocenters. The van der Waals surface area contributed by atoms with Crippen LogP contribution in [0.4, 0.5) is 0 Å². The van der Waals surface area contributed by atoms with Crippen LogP contribution in [0.2, 0.25) is 0 Å². The van der Waals surface area contributed by atoms with Gasteiger partial charge in [0.2, 0.25) is 0 Å². The fraction of sp³-hybridized carbons (Fsp3) is 0. The highest BCUT2D eigenvalue weighted by Gasteiger charge is 2.15. The maximum absolute atomic E-state index is 2.38. The molecule has 0 aliphatic rings. The lowest BCUT2D eigenvalue weighted by atomic mass is 9.87. The van der Waals surface area contributed by atoms with E-state index in [1.54, 1.807) is 0 Å². The highest BCUT2D eigenvalue weighted by Crippen LogP contribution is 2.42. The van der Waals surface area contributed by atoms with E-state index in [2.05, 4.69) is 146 Å². The smallest absolute Gasteiger partial charge is 0.00923 e. The molecule has 176 valence electrons. The first-order valence-corrected chi connectivity index (χ1v) is 13.2. The Kier molecular flexibility index (Phi) is 4.62. The van der Waals surface area contributed by atoms with E-state index in [1.807, 2.05) is 0 Å². The van der Waals surface area contributed by atoms with Gasteiger partial charge in [0.1, 0.15) is 0 Å². The Balaban J connectivity index is 1.48. The molecule has 8 aromatic carbocycles. The van der Waals surface area contributed by atoms with Crippen molar-refractivity contribution in [2.45, 2.75) is 0 Å². The first-order chi connectivity index (χ1) is 18.8. The molecule has 0 spiro atoms. The Bertz CT molecular complexity index is 2180. The number of rotatable bonds is 2. The van der Waals surface area contributed by atoms with E-state index in [9.17, 15) is 0 Å². The summed E-state index contributed by atoms with van der Waals surface area (Å²) in [5.74, 6) is 0. The van der Waals surface area contributed by atoms with Gasteiger partial charge in [-0.05, 0) is 94.3 Å². The summed E-state index contributed by atoms with van der Waals surface area (Å²) in [7, 11) is 0. The van der Waals surface area contributed by atoms with Crippen LogP contribution in [0.15, 0.2) is 146 Å². The summed E-state index contributed by atoms with van der Waals surface area (Å²) in [6.45, 7) is 0. The van der Waals surface area contributed by atoms with Gasteiger partial charge in [-0.2, -0.15) is 0 Å². The predicted molar refractivity (Wildman–Crippen MR) is 165 cm³/mol. The summed E-state index contributed by atoms with van der Waals surface area (Å²) in [6.07, 6.45) is 0. The molecule has 0 fully saturated rings. The van der Waals surface area contributed by atoms with Gasteiger partial charge in [-0.1, -0.05) is 127 Å². The fourth-order valence-corrected chi connectivity index (χ4v) is 6.24. The van der Waals surface area contributed by atoms with Gasteiger partial charge >= 0.3 is 0 Å².